The number of rotatable bonds is 3. The molecule has 0 saturated heterocycles. The van der Waals surface area contributed by atoms with Crippen LogP contribution in [0.5, 0.6) is 5.75 Å². The molecule has 112 valence electrons. The van der Waals surface area contributed by atoms with Gasteiger partial charge in [0, 0.05) is 0 Å². The van der Waals surface area contributed by atoms with E-state index in [9.17, 15) is 21.6 Å². The van der Waals surface area contributed by atoms with Gasteiger partial charge >= 0.3 is 10.1 Å². The second-order valence-corrected chi connectivity index (χ2v) is 6.60. The highest BCUT2D eigenvalue weighted by molar-refractivity contribution is 7.86. The molecule has 7 heteroatoms. The monoisotopic (exact) mass is 308 g/mol. The molecule has 0 atom stereocenters. The molecule has 1 aliphatic rings. The predicted molar refractivity (Wildman–Crippen MR) is 67.6 cm³/mol. The Kier molecular flexibility index (Phi) is 4.27. The van der Waals surface area contributed by atoms with Crippen LogP contribution in [0.4, 0.5) is 13.2 Å². The molecule has 1 fully saturated rings. The molecular formula is C13H15F3O3S. The fourth-order valence-electron chi connectivity index (χ4n) is 2.54. The van der Waals surface area contributed by atoms with E-state index >= 15 is 0 Å². The lowest BCUT2D eigenvalue weighted by molar-refractivity contribution is 0.389. The second-order valence-electron chi connectivity index (χ2n) is 5.03. The van der Waals surface area contributed by atoms with Gasteiger partial charge in [-0.3, -0.25) is 0 Å². The lowest BCUT2D eigenvalue weighted by Gasteiger charge is -2.23. The summed E-state index contributed by atoms with van der Waals surface area (Å²) in [4.78, 5) is 0. The molecule has 0 unspecified atom stereocenters. The van der Waals surface area contributed by atoms with E-state index in [0.29, 0.717) is 19.1 Å². The van der Waals surface area contributed by atoms with E-state index in [1.807, 2.05) is 0 Å². The molecule has 0 amide bonds. The Morgan fingerprint density at radius 1 is 1.10 bits per heavy atom. The van der Waals surface area contributed by atoms with Crippen molar-refractivity contribution < 1.29 is 25.8 Å². The lowest BCUT2D eigenvalue weighted by Crippen LogP contribution is -2.13. The van der Waals surface area contributed by atoms with Crippen molar-refractivity contribution >= 4 is 10.1 Å². The van der Waals surface area contributed by atoms with Gasteiger partial charge in [-0.05, 0) is 30.4 Å². The Bertz CT molecular complexity index is 608. The average Bonchev–Trinajstić information content (AvgIpc) is 2.39. The van der Waals surface area contributed by atoms with Gasteiger partial charge in [0.05, 0.1) is 6.26 Å². The molecule has 1 aliphatic carbocycles. The largest absolute Gasteiger partial charge is 0.376 e. The van der Waals surface area contributed by atoms with Crippen LogP contribution in [-0.2, 0) is 10.1 Å². The van der Waals surface area contributed by atoms with E-state index in [1.54, 1.807) is 0 Å². The Morgan fingerprint density at radius 3 is 2.25 bits per heavy atom. The summed E-state index contributed by atoms with van der Waals surface area (Å²) in [6, 6.07) is 0.842. The van der Waals surface area contributed by atoms with Crippen molar-refractivity contribution in [1.29, 1.82) is 0 Å². The minimum absolute atomic E-state index is 0.0412. The summed E-state index contributed by atoms with van der Waals surface area (Å²) in [5, 5.41) is 0. The van der Waals surface area contributed by atoms with Crippen LogP contribution in [0.15, 0.2) is 6.07 Å². The first-order valence-corrected chi connectivity index (χ1v) is 8.18. The molecule has 0 spiro atoms. The van der Waals surface area contributed by atoms with Crippen LogP contribution in [-0.4, -0.2) is 14.7 Å². The highest BCUT2D eigenvalue weighted by atomic mass is 32.2. The third-order valence-electron chi connectivity index (χ3n) is 3.42. The van der Waals surface area contributed by atoms with Gasteiger partial charge in [-0.1, -0.05) is 19.3 Å². The zero-order chi connectivity index (χ0) is 14.9. The molecule has 0 aliphatic heterocycles. The first-order chi connectivity index (χ1) is 9.29. The summed E-state index contributed by atoms with van der Waals surface area (Å²) in [7, 11) is -4.12. The van der Waals surface area contributed by atoms with E-state index in [0.717, 1.165) is 25.3 Å². The fourth-order valence-corrected chi connectivity index (χ4v) is 2.99. The normalized spacial score (nSPS) is 17.2. The smallest absolute Gasteiger partial charge is 0.306 e. The standard InChI is InChI=1S/C13H15F3O3S/c1-20(17,18)19-13-10(14)7-9(11(15)12(13)16)8-5-3-2-4-6-8/h7-8H,2-6H2,1H3. The number of halogens is 3. The van der Waals surface area contributed by atoms with E-state index in [4.69, 9.17) is 0 Å². The summed E-state index contributed by atoms with van der Waals surface area (Å²) >= 11 is 0. The minimum Gasteiger partial charge on any atom is -0.376 e. The molecule has 0 aromatic heterocycles. The van der Waals surface area contributed by atoms with E-state index < -0.39 is 33.3 Å². The molecule has 2 rings (SSSR count). The van der Waals surface area contributed by atoms with Crippen LogP contribution < -0.4 is 4.18 Å². The molecule has 1 saturated carbocycles. The first kappa shape index (κ1) is 15.2. The number of hydrogen-bond acceptors (Lipinski definition) is 3. The predicted octanol–water partition coefficient (Wildman–Crippen LogP) is 3.49. The van der Waals surface area contributed by atoms with Gasteiger partial charge in [-0.15, -0.1) is 0 Å². The summed E-state index contributed by atoms with van der Waals surface area (Å²) in [6.45, 7) is 0. The summed E-state index contributed by atoms with van der Waals surface area (Å²) < 4.78 is 67.6. The maximum absolute atomic E-state index is 14.0. The molecular weight excluding hydrogens is 293 g/mol. The third kappa shape index (κ3) is 3.26. The molecule has 1 aromatic carbocycles. The van der Waals surface area contributed by atoms with Crippen LogP contribution in [0.1, 0.15) is 43.6 Å². The molecule has 20 heavy (non-hydrogen) atoms. The molecule has 3 nitrogen and oxygen atoms in total. The summed E-state index contributed by atoms with van der Waals surface area (Å²) in [5.41, 5.74) is -0.0412. The van der Waals surface area contributed by atoms with Crippen LogP contribution in [0, 0.1) is 17.5 Å². The van der Waals surface area contributed by atoms with Crippen LogP contribution >= 0.6 is 0 Å². The van der Waals surface area contributed by atoms with Gasteiger partial charge in [0.25, 0.3) is 0 Å². The second kappa shape index (κ2) is 5.63. The molecule has 0 radical (unpaired) electrons. The van der Waals surface area contributed by atoms with Gasteiger partial charge in [0.1, 0.15) is 0 Å². The summed E-state index contributed by atoms with van der Waals surface area (Å²) in [6.07, 6.45) is 4.77. The Morgan fingerprint density at radius 2 is 1.70 bits per heavy atom. The molecule has 0 N–H and O–H groups in total. The van der Waals surface area contributed by atoms with Crippen molar-refractivity contribution in [3.63, 3.8) is 0 Å². The van der Waals surface area contributed by atoms with Gasteiger partial charge in [-0.25, -0.2) is 8.78 Å². The van der Waals surface area contributed by atoms with E-state index in [1.165, 1.54) is 0 Å². The topological polar surface area (TPSA) is 43.4 Å². The van der Waals surface area contributed by atoms with Crippen LogP contribution in [0.2, 0.25) is 0 Å². The van der Waals surface area contributed by atoms with Crippen molar-refractivity contribution in [3.8, 4) is 5.75 Å². The Balaban J connectivity index is 2.42. The maximum Gasteiger partial charge on any atom is 0.306 e. The molecule has 1 aromatic rings. The van der Waals surface area contributed by atoms with Crippen LogP contribution in [0.3, 0.4) is 0 Å². The minimum atomic E-state index is -4.12. The Hall–Kier alpha value is -1.24. The highest BCUT2D eigenvalue weighted by Crippen LogP contribution is 2.37. The zero-order valence-corrected chi connectivity index (χ0v) is 11.8. The van der Waals surface area contributed by atoms with Gasteiger partial charge in [-0.2, -0.15) is 12.8 Å². The lowest BCUT2D eigenvalue weighted by atomic mass is 9.83. The SMILES string of the molecule is CS(=O)(=O)Oc1c(F)cc(C2CCCCC2)c(F)c1F. The first-order valence-electron chi connectivity index (χ1n) is 6.36. The Labute approximate surface area is 115 Å². The van der Waals surface area contributed by atoms with Crippen molar-refractivity contribution in [3.05, 3.63) is 29.1 Å². The van der Waals surface area contributed by atoms with Gasteiger partial charge in [0.15, 0.2) is 11.6 Å². The van der Waals surface area contributed by atoms with E-state index in [2.05, 4.69) is 4.18 Å². The van der Waals surface area contributed by atoms with Crippen molar-refractivity contribution in [1.82, 2.24) is 0 Å². The zero-order valence-electron chi connectivity index (χ0n) is 11.0. The third-order valence-corrected chi connectivity index (χ3v) is 3.89. The van der Waals surface area contributed by atoms with Crippen molar-refractivity contribution in [2.75, 3.05) is 6.26 Å². The maximum atomic E-state index is 14.0. The number of hydrogen-bond donors (Lipinski definition) is 0. The highest BCUT2D eigenvalue weighted by Gasteiger charge is 2.27. The van der Waals surface area contributed by atoms with Crippen molar-refractivity contribution in [2.24, 2.45) is 0 Å². The van der Waals surface area contributed by atoms with Gasteiger partial charge in [0.2, 0.25) is 11.6 Å². The average molecular weight is 308 g/mol. The quantitative estimate of drug-likeness (QED) is 0.634. The van der Waals surface area contributed by atoms with E-state index in [-0.39, 0.29) is 11.5 Å². The fraction of sp³-hybridized carbons (Fsp3) is 0.538. The molecule has 0 heterocycles. The molecule has 0 bridgehead atoms. The number of benzene rings is 1. The van der Waals surface area contributed by atoms with Crippen molar-refractivity contribution in [2.45, 2.75) is 38.0 Å². The van der Waals surface area contributed by atoms with Gasteiger partial charge < -0.3 is 4.18 Å². The summed E-state index contributed by atoms with van der Waals surface area (Å²) in [5.74, 6) is -5.45. The van der Waals surface area contributed by atoms with Crippen LogP contribution in [0.25, 0.3) is 0 Å².